The standard InChI is InChI=1S/C29H27ClN8O3/c1-17-11-21(33-29(39)41-2)7-8-22(17)25-14-31-28(34-25)24(12-18-3-4-18)27-9-5-19(15-38(27)40)23-13-20(30)6-10-26(23)37-16-32-35-36-37/h5-11,13-16,18,24H,3-4,12H2,1-2H3,(H,31,34)(H,33,39). The number of tetrazole rings is 1. The maximum absolute atomic E-state index is 13.5. The molecule has 1 saturated carbocycles. The van der Waals surface area contributed by atoms with Crippen molar-refractivity contribution < 1.29 is 14.3 Å². The van der Waals surface area contributed by atoms with Crippen molar-refractivity contribution in [3.63, 3.8) is 0 Å². The number of carbonyl (C=O) groups excluding carboxylic acids is 1. The summed E-state index contributed by atoms with van der Waals surface area (Å²) in [5.41, 5.74) is 6.13. The van der Waals surface area contributed by atoms with E-state index in [1.165, 1.54) is 18.1 Å². The molecule has 5 aromatic rings. The Bertz CT molecular complexity index is 1720. The number of nitrogens with one attached hydrogen (secondary N) is 2. The topological polar surface area (TPSA) is 138 Å². The summed E-state index contributed by atoms with van der Waals surface area (Å²) >= 11 is 6.31. The van der Waals surface area contributed by atoms with Crippen LogP contribution in [0, 0.1) is 18.0 Å². The van der Waals surface area contributed by atoms with Crippen molar-refractivity contribution in [2.45, 2.75) is 32.1 Å². The fourth-order valence-electron chi connectivity index (χ4n) is 5.05. The Kier molecular flexibility index (Phi) is 7.10. The van der Waals surface area contributed by atoms with Crippen LogP contribution in [0.2, 0.25) is 5.02 Å². The Morgan fingerprint density at radius 2 is 2.07 bits per heavy atom. The van der Waals surface area contributed by atoms with E-state index in [9.17, 15) is 10.0 Å². The predicted molar refractivity (Wildman–Crippen MR) is 153 cm³/mol. The second-order valence-electron chi connectivity index (χ2n) is 10.1. The quantitative estimate of drug-likeness (QED) is 0.187. The van der Waals surface area contributed by atoms with Crippen molar-refractivity contribution in [1.82, 2.24) is 30.2 Å². The molecule has 1 aliphatic rings. The molecule has 0 bridgehead atoms. The first-order valence-corrected chi connectivity index (χ1v) is 13.5. The highest BCUT2D eigenvalue weighted by Gasteiger charge is 2.33. The van der Waals surface area contributed by atoms with Crippen molar-refractivity contribution in [3.05, 3.63) is 94.6 Å². The van der Waals surface area contributed by atoms with Crippen LogP contribution in [0.15, 0.2) is 67.3 Å². The van der Waals surface area contributed by atoms with Crippen LogP contribution in [0.3, 0.4) is 0 Å². The molecule has 1 amide bonds. The number of hydrogen-bond donors (Lipinski definition) is 2. The first-order chi connectivity index (χ1) is 19.9. The summed E-state index contributed by atoms with van der Waals surface area (Å²) in [7, 11) is 1.32. The van der Waals surface area contributed by atoms with E-state index in [1.54, 1.807) is 24.5 Å². The van der Waals surface area contributed by atoms with Crippen molar-refractivity contribution in [2.24, 2.45) is 5.92 Å². The Labute approximate surface area is 240 Å². The largest absolute Gasteiger partial charge is 0.618 e. The van der Waals surface area contributed by atoms with Crippen LogP contribution >= 0.6 is 11.6 Å². The molecule has 0 aliphatic heterocycles. The lowest BCUT2D eigenvalue weighted by molar-refractivity contribution is -0.614. The van der Waals surface area contributed by atoms with Gasteiger partial charge in [-0.3, -0.25) is 5.32 Å². The number of aryl methyl sites for hydroxylation is 1. The second kappa shape index (κ2) is 11.0. The van der Waals surface area contributed by atoms with Gasteiger partial charge in [-0.25, -0.2) is 9.78 Å². The van der Waals surface area contributed by atoms with Gasteiger partial charge in [0.05, 0.1) is 24.7 Å². The molecule has 6 rings (SSSR count). The van der Waals surface area contributed by atoms with Crippen LogP contribution in [0.4, 0.5) is 10.5 Å². The number of halogens is 1. The lowest BCUT2D eigenvalue weighted by atomic mass is 9.95. The Morgan fingerprint density at radius 1 is 1.22 bits per heavy atom. The van der Waals surface area contributed by atoms with Gasteiger partial charge in [0.25, 0.3) is 0 Å². The highest BCUT2D eigenvalue weighted by molar-refractivity contribution is 6.31. The first-order valence-electron chi connectivity index (χ1n) is 13.2. The smallest absolute Gasteiger partial charge is 0.411 e. The molecule has 1 aliphatic carbocycles. The van der Waals surface area contributed by atoms with Gasteiger partial charge in [0.15, 0.2) is 6.20 Å². The van der Waals surface area contributed by atoms with Gasteiger partial charge >= 0.3 is 6.09 Å². The number of H-pyrrole nitrogens is 1. The van der Waals surface area contributed by atoms with Crippen LogP contribution in [0.1, 0.15) is 42.3 Å². The number of pyridine rings is 1. The van der Waals surface area contributed by atoms with Crippen LogP contribution in [-0.4, -0.2) is 43.4 Å². The molecule has 208 valence electrons. The summed E-state index contributed by atoms with van der Waals surface area (Å²) in [5.74, 6) is 1.08. The zero-order chi connectivity index (χ0) is 28.5. The second-order valence-corrected chi connectivity index (χ2v) is 10.6. The van der Waals surface area contributed by atoms with Gasteiger partial charge in [-0.2, -0.15) is 9.41 Å². The molecule has 11 nitrogen and oxygen atoms in total. The number of aromatic amines is 1. The van der Waals surface area contributed by atoms with E-state index in [2.05, 4.69) is 30.6 Å². The van der Waals surface area contributed by atoms with Crippen molar-refractivity contribution in [3.8, 4) is 28.1 Å². The maximum atomic E-state index is 13.5. The molecule has 0 saturated heterocycles. The SMILES string of the molecule is COC(=O)Nc1ccc(-c2cnc(C(CC3CC3)c3ccc(-c4cc(Cl)ccc4-n4cnnn4)c[n+]3[O-])[nH]2)c(C)c1. The highest BCUT2D eigenvalue weighted by Crippen LogP contribution is 2.41. The fourth-order valence-corrected chi connectivity index (χ4v) is 5.23. The molecule has 1 fully saturated rings. The number of methoxy groups -OCH3 is 1. The van der Waals surface area contributed by atoms with E-state index in [0.29, 0.717) is 33.6 Å². The molecule has 2 N–H and O–H groups in total. The van der Waals surface area contributed by atoms with Gasteiger partial charge in [-0.05, 0) is 71.7 Å². The average Bonchev–Trinajstić information content (AvgIpc) is 3.39. The van der Waals surface area contributed by atoms with Gasteiger partial charge in [-0.1, -0.05) is 30.5 Å². The molecule has 1 unspecified atom stereocenters. The molecule has 0 spiro atoms. The number of rotatable bonds is 8. The summed E-state index contributed by atoms with van der Waals surface area (Å²) in [6.45, 7) is 1.96. The van der Waals surface area contributed by atoms with Crippen molar-refractivity contribution in [1.29, 1.82) is 0 Å². The van der Waals surface area contributed by atoms with E-state index >= 15 is 0 Å². The first kappa shape index (κ1) is 26.5. The fraction of sp³-hybridized carbons (Fsp3) is 0.241. The predicted octanol–water partition coefficient (Wildman–Crippen LogP) is 5.42. The Morgan fingerprint density at radius 3 is 2.78 bits per heavy atom. The molecule has 3 aromatic heterocycles. The Balaban J connectivity index is 1.32. The van der Waals surface area contributed by atoms with Crippen LogP contribution in [-0.2, 0) is 4.74 Å². The third-order valence-corrected chi connectivity index (χ3v) is 7.54. The molecule has 12 heteroatoms. The lowest BCUT2D eigenvalue weighted by Crippen LogP contribution is -2.34. The normalized spacial score (nSPS) is 13.6. The average molecular weight is 571 g/mol. The molecule has 3 heterocycles. The summed E-state index contributed by atoms with van der Waals surface area (Å²) in [4.78, 5) is 19.8. The van der Waals surface area contributed by atoms with Gasteiger partial charge in [0.1, 0.15) is 18.1 Å². The minimum absolute atomic E-state index is 0.207. The zero-order valence-electron chi connectivity index (χ0n) is 22.4. The summed E-state index contributed by atoms with van der Waals surface area (Å²) < 4.78 is 7.14. The number of hydrogen-bond acceptors (Lipinski definition) is 7. The highest BCUT2D eigenvalue weighted by atomic mass is 35.5. The summed E-state index contributed by atoms with van der Waals surface area (Å²) in [5, 5.41) is 28.2. The number of carbonyl (C=O) groups is 1. The van der Waals surface area contributed by atoms with E-state index in [0.717, 1.165) is 52.2 Å². The summed E-state index contributed by atoms with van der Waals surface area (Å²) in [6.07, 6.45) is 7.44. The lowest BCUT2D eigenvalue weighted by Gasteiger charge is -2.16. The van der Waals surface area contributed by atoms with Crippen LogP contribution in [0.5, 0.6) is 0 Å². The monoisotopic (exact) mass is 570 g/mol. The zero-order valence-corrected chi connectivity index (χ0v) is 23.2. The Hall–Kier alpha value is -4.77. The molecule has 0 radical (unpaired) electrons. The third kappa shape index (κ3) is 5.62. The van der Waals surface area contributed by atoms with E-state index in [4.69, 9.17) is 16.6 Å². The van der Waals surface area contributed by atoms with Crippen molar-refractivity contribution >= 4 is 23.4 Å². The van der Waals surface area contributed by atoms with E-state index in [1.807, 2.05) is 43.3 Å². The van der Waals surface area contributed by atoms with Crippen LogP contribution in [0.25, 0.3) is 28.1 Å². The number of ether oxygens (including phenoxy) is 1. The minimum Gasteiger partial charge on any atom is -0.618 e. The third-order valence-electron chi connectivity index (χ3n) is 7.31. The molecular weight excluding hydrogens is 544 g/mol. The van der Waals surface area contributed by atoms with E-state index < -0.39 is 6.09 Å². The number of aromatic nitrogens is 7. The van der Waals surface area contributed by atoms with Crippen molar-refractivity contribution in [2.75, 3.05) is 12.4 Å². The number of anilines is 1. The minimum atomic E-state index is -0.525. The summed E-state index contributed by atoms with van der Waals surface area (Å²) in [6, 6.07) is 14.8. The van der Waals surface area contributed by atoms with E-state index in [-0.39, 0.29) is 5.92 Å². The number of amides is 1. The van der Waals surface area contributed by atoms with Gasteiger partial charge in [0, 0.05) is 33.5 Å². The van der Waals surface area contributed by atoms with Crippen LogP contribution < -0.4 is 10.0 Å². The van der Waals surface area contributed by atoms with Gasteiger partial charge in [-0.15, -0.1) is 5.10 Å². The number of benzene rings is 2. The van der Waals surface area contributed by atoms with Gasteiger partial charge < -0.3 is 14.9 Å². The number of imidazole rings is 1. The van der Waals surface area contributed by atoms with Gasteiger partial charge in [0.2, 0.25) is 5.69 Å². The molecule has 41 heavy (non-hydrogen) atoms. The molecule has 1 atom stereocenters. The molecule has 2 aromatic carbocycles. The maximum Gasteiger partial charge on any atom is 0.411 e. The molecular formula is C29H27ClN8O3. The number of nitrogens with zero attached hydrogens (tertiary/aromatic N) is 6.